The van der Waals surface area contributed by atoms with E-state index in [2.05, 4.69) is 10.6 Å². The van der Waals surface area contributed by atoms with Crippen molar-refractivity contribution in [1.29, 1.82) is 0 Å². The lowest BCUT2D eigenvalue weighted by molar-refractivity contribution is -0.137. The molecule has 2 N–H and O–H groups in total. The molecule has 2 rings (SSSR count). The molecular weight excluding hydrogens is 253 g/mol. The van der Waals surface area contributed by atoms with Crippen LogP contribution in [0.5, 0.6) is 0 Å². The highest BCUT2D eigenvalue weighted by atomic mass is 35.5. The van der Waals surface area contributed by atoms with Crippen LogP contribution in [0.4, 0.5) is 18.9 Å². The van der Waals surface area contributed by atoms with Crippen molar-refractivity contribution >= 4 is 17.3 Å². The Bertz CT molecular complexity index is 400. The smallest absolute Gasteiger partial charge is 0.381 e. The Hall–Kier alpha value is -0.940. The third-order valence-corrected chi connectivity index (χ3v) is 2.87. The molecule has 0 bridgehead atoms. The second-order valence-electron chi connectivity index (χ2n) is 4.06. The van der Waals surface area contributed by atoms with Crippen LogP contribution in [-0.4, -0.2) is 19.1 Å². The van der Waals surface area contributed by atoms with E-state index in [9.17, 15) is 13.2 Å². The van der Waals surface area contributed by atoms with Gasteiger partial charge in [-0.15, -0.1) is 0 Å². The zero-order valence-corrected chi connectivity index (χ0v) is 9.70. The lowest BCUT2D eigenvalue weighted by Crippen LogP contribution is -2.22. The van der Waals surface area contributed by atoms with Crippen molar-refractivity contribution in [1.82, 2.24) is 5.32 Å². The quantitative estimate of drug-likeness (QED) is 0.858. The maximum absolute atomic E-state index is 12.6. The van der Waals surface area contributed by atoms with E-state index in [-0.39, 0.29) is 11.1 Å². The molecule has 94 valence electrons. The molecule has 2 nitrogen and oxygen atoms in total. The van der Waals surface area contributed by atoms with E-state index < -0.39 is 11.7 Å². The SMILES string of the molecule is FC(F)(F)c1cc(Cl)cc(NC2CCNC2)c1. The molecule has 1 saturated heterocycles. The average Bonchev–Trinajstić information content (AvgIpc) is 2.68. The Morgan fingerprint density at radius 3 is 2.65 bits per heavy atom. The molecule has 1 aromatic carbocycles. The molecule has 0 spiro atoms. The minimum atomic E-state index is -4.37. The Morgan fingerprint density at radius 2 is 2.06 bits per heavy atom. The fraction of sp³-hybridized carbons (Fsp3) is 0.455. The normalized spacial score (nSPS) is 20.6. The third-order valence-electron chi connectivity index (χ3n) is 2.66. The summed E-state index contributed by atoms with van der Waals surface area (Å²) in [6.45, 7) is 1.64. The van der Waals surface area contributed by atoms with E-state index in [1.54, 1.807) is 0 Å². The Balaban J connectivity index is 2.19. The summed E-state index contributed by atoms with van der Waals surface area (Å²) in [6, 6.07) is 3.69. The highest BCUT2D eigenvalue weighted by molar-refractivity contribution is 6.30. The molecule has 6 heteroatoms. The van der Waals surface area contributed by atoms with Crippen LogP contribution < -0.4 is 10.6 Å². The van der Waals surface area contributed by atoms with Crippen molar-refractivity contribution in [3.05, 3.63) is 28.8 Å². The fourth-order valence-corrected chi connectivity index (χ4v) is 2.09. The lowest BCUT2D eigenvalue weighted by atomic mass is 10.1. The molecule has 1 fully saturated rings. The highest BCUT2D eigenvalue weighted by Crippen LogP contribution is 2.33. The lowest BCUT2D eigenvalue weighted by Gasteiger charge is -2.15. The standard InChI is InChI=1S/C11H12ClF3N2/c12-8-3-7(11(13,14)15)4-10(5-8)17-9-1-2-16-6-9/h3-5,9,16-17H,1-2,6H2. The van der Waals surface area contributed by atoms with Crippen LogP contribution in [0.3, 0.4) is 0 Å². The number of hydrogen-bond acceptors (Lipinski definition) is 2. The van der Waals surface area contributed by atoms with Gasteiger partial charge < -0.3 is 10.6 Å². The monoisotopic (exact) mass is 264 g/mol. The van der Waals surface area contributed by atoms with Gasteiger partial charge in [0.2, 0.25) is 0 Å². The Kier molecular flexibility index (Phi) is 3.49. The van der Waals surface area contributed by atoms with Crippen LogP contribution in [0.1, 0.15) is 12.0 Å². The number of anilines is 1. The molecule has 1 unspecified atom stereocenters. The molecule has 0 radical (unpaired) electrons. The van der Waals surface area contributed by atoms with Gasteiger partial charge in [0, 0.05) is 23.3 Å². The van der Waals surface area contributed by atoms with Gasteiger partial charge >= 0.3 is 6.18 Å². The van der Waals surface area contributed by atoms with Crippen molar-refractivity contribution in [2.75, 3.05) is 18.4 Å². The van der Waals surface area contributed by atoms with E-state index in [0.29, 0.717) is 5.69 Å². The largest absolute Gasteiger partial charge is 0.416 e. The number of nitrogens with one attached hydrogen (secondary N) is 2. The zero-order chi connectivity index (χ0) is 12.5. The molecule has 0 aliphatic carbocycles. The molecule has 1 atom stereocenters. The topological polar surface area (TPSA) is 24.1 Å². The van der Waals surface area contributed by atoms with Crippen LogP contribution in [0.25, 0.3) is 0 Å². The first-order chi connectivity index (χ1) is 7.95. The predicted molar refractivity (Wildman–Crippen MR) is 61.4 cm³/mol. The summed E-state index contributed by atoms with van der Waals surface area (Å²) in [5.41, 5.74) is -0.308. The molecule has 17 heavy (non-hydrogen) atoms. The van der Waals surface area contributed by atoms with Crippen LogP contribution in [0.2, 0.25) is 5.02 Å². The highest BCUT2D eigenvalue weighted by Gasteiger charge is 2.31. The summed E-state index contributed by atoms with van der Waals surface area (Å²) in [7, 11) is 0. The Morgan fingerprint density at radius 1 is 1.29 bits per heavy atom. The summed E-state index contributed by atoms with van der Waals surface area (Å²) >= 11 is 5.69. The van der Waals surface area contributed by atoms with Gasteiger partial charge in [0.1, 0.15) is 0 Å². The van der Waals surface area contributed by atoms with E-state index in [4.69, 9.17) is 11.6 Å². The average molecular weight is 265 g/mol. The van der Waals surface area contributed by atoms with Crippen molar-refractivity contribution in [2.24, 2.45) is 0 Å². The molecule has 1 aromatic rings. The van der Waals surface area contributed by atoms with Crippen LogP contribution >= 0.6 is 11.6 Å². The van der Waals surface area contributed by atoms with Gasteiger partial charge in [-0.2, -0.15) is 13.2 Å². The maximum Gasteiger partial charge on any atom is 0.416 e. The molecule has 0 aromatic heterocycles. The maximum atomic E-state index is 12.6. The first kappa shape index (κ1) is 12.5. The van der Waals surface area contributed by atoms with Crippen LogP contribution in [0.15, 0.2) is 18.2 Å². The molecule has 0 amide bonds. The summed E-state index contributed by atoms with van der Waals surface area (Å²) in [4.78, 5) is 0. The fourth-order valence-electron chi connectivity index (χ4n) is 1.85. The molecule has 1 heterocycles. The van der Waals surface area contributed by atoms with E-state index in [1.165, 1.54) is 6.07 Å². The number of benzene rings is 1. The van der Waals surface area contributed by atoms with Gasteiger partial charge in [-0.25, -0.2) is 0 Å². The number of hydrogen-bond donors (Lipinski definition) is 2. The Labute approximate surface area is 102 Å². The predicted octanol–water partition coefficient (Wildman–Crippen LogP) is 3.13. The number of halogens is 4. The minimum absolute atomic E-state index is 0.0910. The third kappa shape index (κ3) is 3.26. The molecule has 1 aliphatic rings. The summed E-state index contributed by atoms with van der Waals surface area (Å²) in [6.07, 6.45) is -3.47. The van der Waals surface area contributed by atoms with E-state index >= 15 is 0 Å². The van der Waals surface area contributed by atoms with Crippen molar-refractivity contribution < 1.29 is 13.2 Å². The van der Waals surface area contributed by atoms with Gasteiger partial charge in [0.05, 0.1) is 5.56 Å². The minimum Gasteiger partial charge on any atom is -0.381 e. The van der Waals surface area contributed by atoms with Crippen molar-refractivity contribution in [3.63, 3.8) is 0 Å². The van der Waals surface area contributed by atoms with Gasteiger partial charge in [-0.1, -0.05) is 11.6 Å². The second-order valence-corrected chi connectivity index (χ2v) is 4.50. The molecular formula is C11H12ClF3N2. The van der Waals surface area contributed by atoms with E-state index in [1.807, 2.05) is 0 Å². The second kappa shape index (κ2) is 4.74. The summed E-state index contributed by atoms with van der Waals surface area (Å²) < 4.78 is 37.7. The first-order valence-corrected chi connectivity index (χ1v) is 5.68. The van der Waals surface area contributed by atoms with Crippen molar-refractivity contribution in [3.8, 4) is 0 Å². The van der Waals surface area contributed by atoms with Crippen LogP contribution in [-0.2, 0) is 6.18 Å². The zero-order valence-electron chi connectivity index (χ0n) is 8.94. The van der Waals surface area contributed by atoms with Gasteiger partial charge in [0.25, 0.3) is 0 Å². The number of alkyl halides is 3. The number of rotatable bonds is 2. The van der Waals surface area contributed by atoms with Gasteiger partial charge in [0.15, 0.2) is 0 Å². The first-order valence-electron chi connectivity index (χ1n) is 5.30. The van der Waals surface area contributed by atoms with Crippen molar-refractivity contribution in [2.45, 2.75) is 18.6 Å². The van der Waals surface area contributed by atoms with Gasteiger partial charge in [-0.05, 0) is 31.2 Å². The van der Waals surface area contributed by atoms with Crippen LogP contribution in [0, 0.1) is 0 Å². The van der Waals surface area contributed by atoms with Gasteiger partial charge in [-0.3, -0.25) is 0 Å². The summed E-state index contributed by atoms with van der Waals surface area (Å²) in [5.74, 6) is 0. The summed E-state index contributed by atoms with van der Waals surface area (Å²) in [5, 5.41) is 6.27. The van der Waals surface area contributed by atoms with E-state index in [0.717, 1.165) is 31.6 Å². The molecule has 1 aliphatic heterocycles. The molecule has 0 saturated carbocycles.